The van der Waals surface area contributed by atoms with E-state index in [-0.39, 0.29) is 5.70 Å². The molecule has 3 amide bonds. The average molecular weight is 339 g/mol. The molecule has 0 bridgehead atoms. The molecule has 0 aromatic heterocycles. The summed E-state index contributed by atoms with van der Waals surface area (Å²) in [4.78, 5) is 35.6. The molecule has 0 radical (unpaired) electrons. The van der Waals surface area contributed by atoms with Gasteiger partial charge < -0.3 is 10.1 Å². The minimum absolute atomic E-state index is 0.126. The van der Waals surface area contributed by atoms with Crippen molar-refractivity contribution in [1.82, 2.24) is 10.2 Å². The second kappa shape index (κ2) is 5.87. The molecule has 1 N–H and O–H groups in total. The Morgan fingerprint density at radius 3 is 2.60 bits per heavy atom. The van der Waals surface area contributed by atoms with E-state index in [1.54, 1.807) is 18.2 Å². The number of halogens is 1. The van der Waals surface area contributed by atoms with E-state index in [0.717, 1.165) is 14.9 Å². The van der Waals surface area contributed by atoms with E-state index in [2.05, 4.69) is 26.0 Å². The van der Waals surface area contributed by atoms with Crippen molar-refractivity contribution in [2.24, 2.45) is 0 Å². The second-order valence-corrected chi connectivity index (χ2v) is 4.92. The van der Waals surface area contributed by atoms with Gasteiger partial charge in [-0.15, -0.1) is 0 Å². The van der Waals surface area contributed by atoms with Gasteiger partial charge in [0.05, 0.1) is 7.11 Å². The number of methoxy groups -OCH3 is 1. The molecule has 20 heavy (non-hydrogen) atoms. The van der Waals surface area contributed by atoms with Gasteiger partial charge in [-0.1, -0.05) is 28.1 Å². The average Bonchev–Trinajstić information content (AvgIpc) is 2.69. The number of nitrogens with zero attached hydrogens (tertiary/aromatic N) is 1. The Morgan fingerprint density at radius 2 is 2.00 bits per heavy atom. The van der Waals surface area contributed by atoms with E-state index in [0.29, 0.717) is 0 Å². The van der Waals surface area contributed by atoms with Crippen molar-refractivity contribution in [3.05, 3.63) is 40.0 Å². The molecule has 1 fully saturated rings. The van der Waals surface area contributed by atoms with Gasteiger partial charge in [0.15, 0.2) is 0 Å². The molecule has 2 rings (SSSR count). The fourth-order valence-electron chi connectivity index (χ4n) is 1.63. The van der Waals surface area contributed by atoms with Crippen LogP contribution in [0.4, 0.5) is 4.79 Å². The van der Waals surface area contributed by atoms with Crippen LogP contribution in [0.25, 0.3) is 6.08 Å². The number of carbonyl (C=O) groups excluding carboxylic acids is 3. The van der Waals surface area contributed by atoms with Gasteiger partial charge in [-0.2, -0.15) is 0 Å². The van der Waals surface area contributed by atoms with Crippen LogP contribution in [-0.4, -0.2) is 36.5 Å². The molecule has 0 aliphatic carbocycles. The molecular formula is C13H11BrN2O4. The van der Waals surface area contributed by atoms with E-state index >= 15 is 0 Å². The van der Waals surface area contributed by atoms with Crippen molar-refractivity contribution in [3.63, 3.8) is 0 Å². The van der Waals surface area contributed by atoms with Gasteiger partial charge >= 0.3 is 12.0 Å². The van der Waals surface area contributed by atoms with Crippen molar-refractivity contribution < 1.29 is 19.1 Å². The van der Waals surface area contributed by atoms with Crippen LogP contribution in [0.2, 0.25) is 0 Å². The van der Waals surface area contributed by atoms with E-state index in [9.17, 15) is 14.4 Å². The maximum absolute atomic E-state index is 12.0. The molecular weight excluding hydrogens is 328 g/mol. The number of carbonyl (C=O) groups is 3. The normalized spacial score (nSPS) is 16.5. The first-order chi connectivity index (χ1) is 9.51. The smallest absolute Gasteiger partial charge is 0.329 e. The maximum atomic E-state index is 12.0. The molecule has 1 aliphatic rings. The lowest BCUT2D eigenvalue weighted by Gasteiger charge is -2.08. The molecule has 1 aliphatic heterocycles. The minimum Gasteiger partial charge on any atom is -0.468 e. The van der Waals surface area contributed by atoms with Crippen LogP contribution in [0.3, 0.4) is 0 Å². The standard InChI is InChI=1S/C13H11BrN2O4/c1-20-11(17)7-16-12(18)10(15-13(16)19)6-8-2-4-9(14)5-3-8/h2-6H,7H2,1H3,(H,15,19)/b10-6+. The number of nitrogens with one attached hydrogen (secondary N) is 1. The first-order valence-electron chi connectivity index (χ1n) is 5.68. The van der Waals surface area contributed by atoms with Gasteiger partial charge in [-0.25, -0.2) is 9.69 Å². The monoisotopic (exact) mass is 338 g/mol. The highest BCUT2D eigenvalue weighted by atomic mass is 79.9. The number of urea groups is 1. The Bertz CT molecular complexity index is 595. The number of imide groups is 1. The summed E-state index contributed by atoms with van der Waals surface area (Å²) in [6.45, 7) is -0.404. The molecule has 0 unspecified atom stereocenters. The summed E-state index contributed by atoms with van der Waals surface area (Å²) >= 11 is 3.31. The third-order valence-electron chi connectivity index (χ3n) is 2.66. The summed E-state index contributed by atoms with van der Waals surface area (Å²) in [7, 11) is 1.19. The summed E-state index contributed by atoms with van der Waals surface area (Å²) in [5, 5.41) is 2.43. The predicted molar refractivity (Wildman–Crippen MR) is 74.4 cm³/mol. The Balaban J connectivity index is 2.19. The van der Waals surface area contributed by atoms with Crippen LogP contribution in [0, 0.1) is 0 Å². The summed E-state index contributed by atoms with van der Waals surface area (Å²) in [5.41, 5.74) is 0.887. The van der Waals surface area contributed by atoms with Crippen molar-refractivity contribution in [1.29, 1.82) is 0 Å². The minimum atomic E-state index is -0.654. The quantitative estimate of drug-likeness (QED) is 0.515. The zero-order valence-corrected chi connectivity index (χ0v) is 12.1. The van der Waals surface area contributed by atoms with Crippen LogP contribution in [0.5, 0.6) is 0 Å². The van der Waals surface area contributed by atoms with Crippen LogP contribution < -0.4 is 5.32 Å². The number of esters is 1. The fraction of sp³-hybridized carbons (Fsp3) is 0.154. The highest BCUT2D eigenvalue weighted by Gasteiger charge is 2.35. The lowest BCUT2D eigenvalue weighted by Crippen LogP contribution is -2.36. The molecule has 7 heteroatoms. The van der Waals surface area contributed by atoms with Gasteiger partial charge in [0, 0.05) is 4.47 Å². The van der Waals surface area contributed by atoms with Crippen molar-refractivity contribution in [2.45, 2.75) is 0 Å². The molecule has 1 saturated heterocycles. The molecule has 104 valence electrons. The highest BCUT2D eigenvalue weighted by Crippen LogP contribution is 2.16. The lowest BCUT2D eigenvalue weighted by atomic mass is 10.2. The molecule has 0 atom stereocenters. The Kier molecular flexibility index (Phi) is 4.19. The van der Waals surface area contributed by atoms with Gasteiger partial charge in [0.2, 0.25) is 0 Å². The maximum Gasteiger partial charge on any atom is 0.329 e. The topological polar surface area (TPSA) is 75.7 Å². The van der Waals surface area contributed by atoms with E-state index in [1.165, 1.54) is 7.11 Å². The van der Waals surface area contributed by atoms with E-state index in [1.807, 2.05) is 12.1 Å². The van der Waals surface area contributed by atoms with Crippen molar-refractivity contribution >= 4 is 39.9 Å². The second-order valence-electron chi connectivity index (χ2n) is 4.01. The summed E-state index contributed by atoms with van der Waals surface area (Å²) < 4.78 is 5.35. The zero-order chi connectivity index (χ0) is 14.7. The summed E-state index contributed by atoms with van der Waals surface area (Å²) in [6.07, 6.45) is 1.55. The Labute approximate surface area is 123 Å². The number of rotatable bonds is 3. The molecule has 0 saturated carbocycles. The first kappa shape index (κ1) is 14.3. The van der Waals surface area contributed by atoms with E-state index < -0.39 is 24.5 Å². The number of amides is 3. The largest absolute Gasteiger partial charge is 0.468 e. The molecule has 1 heterocycles. The fourth-order valence-corrected chi connectivity index (χ4v) is 1.90. The van der Waals surface area contributed by atoms with Crippen molar-refractivity contribution in [3.8, 4) is 0 Å². The van der Waals surface area contributed by atoms with E-state index in [4.69, 9.17) is 0 Å². The van der Waals surface area contributed by atoms with Gasteiger partial charge in [0.1, 0.15) is 12.2 Å². The van der Waals surface area contributed by atoms with Crippen LogP contribution in [0.15, 0.2) is 34.4 Å². The lowest BCUT2D eigenvalue weighted by molar-refractivity contribution is -0.143. The van der Waals surface area contributed by atoms with Crippen LogP contribution in [-0.2, 0) is 14.3 Å². The van der Waals surface area contributed by atoms with Crippen LogP contribution >= 0.6 is 15.9 Å². The molecule has 1 aromatic carbocycles. The Hall–Kier alpha value is -2.15. The predicted octanol–water partition coefficient (Wildman–Crippen LogP) is 1.51. The van der Waals surface area contributed by atoms with Gasteiger partial charge in [0.25, 0.3) is 5.91 Å². The van der Waals surface area contributed by atoms with Gasteiger partial charge in [-0.3, -0.25) is 9.59 Å². The third kappa shape index (κ3) is 3.05. The summed E-state index contributed by atoms with van der Waals surface area (Å²) in [5.74, 6) is -1.21. The molecule has 1 aromatic rings. The molecule has 0 spiro atoms. The highest BCUT2D eigenvalue weighted by molar-refractivity contribution is 9.10. The van der Waals surface area contributed by atoms with Crippen molar-refractivity contribution in [2.75, 3.05) is 13.7 Å². The number of benzene rings is 1. The van der Waals surface area contributed by atoms with Crippen LogP contribution in [0.1, 0.15) is 5.56 Å². The molecule has 6 nitrogen and oxygen atoms in total. The zero-order valence-electron chi connectivity index (χ0n) is 10.6. The summed E-state index contributed by atoms with van der Waals surface area (Å²) in [6, 6.07) is 6.59. The number of hydrogen-bond acceptors (Lipinski definition) is 4. The number of hydrogen-bond donors (Lipinski definition) is 1. The Morgan fingerprint density at radius 1 is 1.35 bits per heavy atom. The first-order valence-corrected chi connectivity index (χ1v) is 6.47. The number of ether oxygens (including phenoxy) is 1. The van der Waals surface area contributed by atoms with Gasteiger partial charge in [-0.05, 0) is 23.8 Å². The SMILES string of the molecule is COC(=O)CN1C(=O)N/C(=C/c2ccc(Br)cc2)C1=O. The third-order valence-corrected chi connectivity index (χ3v) is 3.19.